The Bertz CT molecular complexity index is 1010. The van der Waals surface area contributed by atoms with Gasteiger partial charge >= 0.3 is 0 Å². The van der Waals surface area contributed by atoms with Crippen LogP contribution in [-0.2, 0) is 6.54 Å². The lowest BCUT2D eigenvalue weighted by Crippen LogP contribution is -2.02. The zero-order valence-electron chi connectivity index (χ0n) is 13.6. The molecule has 3 nitrogen and oxygen atoms in total. The van der Waals surface area contributed by atoms with Crippen LogP contribution in [0.1, 0.15) is 16.9 Å². The number of benzene rings is 2. The van der Waals surface area contributed by atoms with Gasteiger partial charge in [-0.15, -0.1) is 0 Å². The first-order chi connectivity index (χ1) is 11.6. The highest BCUT2D eigenvalue weighted by Gasteiger charge is 2.16. The highest BCUT2D eigenvalue weighted by molar-refractivity contribution is 5.80. The summed E-state index contributed by atoms with van der Waals surface area (Å²) in [5.41, 5.74) is 3.86. The average molecular weight is 320 g/mol. The van der Waals surface area contributed by atoms with Crippen molar-refractivity contribution in [3.05, 3.63) is 77.3 Å². The molecule has 2 aromatic heterocycles. The summed E-state index contributed by atoms with van der Waals surface area (Å²) >= 11 is 0. The van der Waals surface area contributed by atoms with Gasteiger partial charge in [0.1, 0.15) is 11.6 Å². The van der Waals surface area contributed by atoms with Gasteiger partial charge in [0, 0.05) is 6.54 Å². The van der Waals surface area contributed by atoms with Crippen molar-refractivity contribution in [1.82, 2.24) is 9.55 Å². The average Bonchev–Trinajstić information content (AvgIpc) is 3.14. The Morgan fingerprint density at radius 2 is 1.79 bits per heavy atom. The summed E-state index contributed by atoms with van der Waals surface area (Å²) in [5, 5.41) is 0. The number of hydrogen-bond acceptors (Lipinski definition) is 2. The van der Waals surface area contributed by atoms with E-state index in [1.165, 1.54) is 17.7 Å². The zero-order valence-corrected chi connectivity index (χ0v) is 13.6. The van der Waals surface area contributed by atoms with Crippen molar-refractivity contribution in [2.75, 3.05) is 0 Å². The highest BCUT2D eigenvalue weighted by Crippen LogP contribution is 2.28. The number of rotatable bonds is 3. The Hall–Kier alpha value is -2.88. The molecule has 0 amide bonds. The lowest BCUT2D eigenvalue weighted by atomic mass is 10.1. The van der Waals surface area contributed by atoms with E-state index in [2.05, 4.69) is 36.2 Å². The third-order valence-electron chi connectivity index (χ3n) is 4.13. The van der Waals surface area contributed by atoms with Gasteiger partial charge in [0.2, 0.25) is 0 Å². The van der Waals surface area contributed by atoms with Gasteiger partial charge in [-0.25, -0.2) is 9.37 Å². The van der Waals surface area contributed by atoms with Crippen LogP contribution in [0.4, 0.5) is 4.39 Å². The van der Waals surface area contributed by atoms with E-state index in [1.807, 2.05) is 23.6 Å². The summed E-state index contributed by atoms with van der Waals surface area (Å²) in [7, 11) is 0. The number of fused-ring (bicyclic) bond motifs is 1. The fourth-order valence-electron chi connectivity index (χ4n) is 2.87. The van der Waals surface area contributed by atoms with Gasteiger partial charge in [-0.2, -0.15) is 0 Å². The molecule has 0 bridgehead atoms. The Morgan fingerprint density at radius 1 is 1.00 bits per heavy atom. The van der Waals surface area contributed by atoms with E-state index >= 15 is 0 Å². The number of nitrogens with zero attached hydrogens (tertiary/aromatic N) is 2. The zero-order chi connectivity index (χ0) is 16.7. The van der Waals surface area contributed by atoms with Crippen LogP contribution in [0, 0.1) is 19.7 Å². The van der Waals surface area contributed by atoms with E-state index in [-0.39, 0.29) is 5.82 Å². The lowest BCUT2D eigenvalue weighted by molar-refractivity contribution is 0.540. The van der Waals surface area contributed by atoms with E-state index in [0.29, 0.717) is 18.1 Å². The van der Waals surface area contributed by atoms with E-state index in [0.717, 1.165) is 22.4 Å². The predicted octanol–water partition coefficient (Wildman–Crippen LogP) is 5.10. The standard InChI is InChI=1S/C20H17FN2O/c1-13-3-6-15(7-4-13)12-23-18-11-16(21)8-9-17(18)22-20(23)19-10-5-14(2)24-19/h3-11H,12H2,1-2H3. The third kappa shape index (κ3) is 2.60. The summed E-state index contributed by atoms with van der Waals surface area (Å²) < 4.78 is 21.5. The van der Waals surface area contributed by atoms with Crippen LogP contribution in [0.5, 0.6) is 0 Å². The quantitative estimate of drug-likeness (QED) is 0.526. The molecule has 120 valence electrons. The number of imidazole rings is 1. The summed E-state index contributed by atoms with van der Waals surface area (Å²) in [4.78, 5) is 4.65. The van der Waals surface area contributed by atoms with Crippen molar-refractivity contribution in [2.24, 2.45) is 0 Å². The van der Waals surface area contributed by atoms with Gasteiger partial charge in [-0.3, -0.25) is 0 Å². The van der Waals surface area contributed by atoms with E-state index < -0.39 is 0 Å². The summed E-state index contributed by atoms with van der Waals surface area (Å²) in [6.45, 7) is 4.56. The van der Waals surface area contributed by atoms with E-state index in [9.17, 15) is 4.39 Å². The van der Waals surface area contributed by atoms with Gasteiger partial charge in [0.15, 0.2) is 11.6 Å². The normalized spacial score (nSPS) is 11.3. The van der Waals surface area contributed by atoms with Gasteiger partial charge in [-0.1, -0.05) is 29.8 Å². The Balaban J connectivity index is 1.89. The molecule has 4 rings (SSSR count). The van der Waals surface area contributed by atoms with Crippen LogP contribution in [-0.4, -0.2) is 9.55 Å². The summed E-state index contributed by atoms with van der Waals surface area (Å²) in [5.74, 6) is 1.96. The van der Waals surface area contributed by atoms with Crippen LogP contribution >= 0.6 is 0 Å². The van der Waals surface area contributed by atoms with Crippen molar-refractivity contribution in [2.45, 2.75) is 20.4 Å². The van der Waals surface area contributed by atoms with Crippen LogP contribution in [0.25, 0.3) is 22.6 Å². The molecule has 24 heavy (non-hydrogen) atoms. The molecule has 0 saturated carbocycles. The maximum atomic E-state index is 13.8. The second kappa shape index (κ2) is 5.64. The van der Waals surface area contributed by atoms with E-state index in [1.54, 1.807) is 6.07 Å². The minimum Gasteiger partial charge on any atom is -0.458 e. The van der Waals surface area contributed by atoms with Crippen molar-refractivity contribution >= 4 is 11.0 Å². The topological polar surface area (TPSA) is 31.0 Å². The van der Waals surface area contributed by atoms with Gasteiger partial charge in [0.05, 0.1) is 11.0 Å². The molecule has 0 aliphatic heterocycles. The molecular weight excluding hydrogens is 303 g/mol. The predicted molar refractivity (Wildman–Crippen MR) is 92.4 cm³/mol. The van der Waals surface area contributed by atoms with Gasteiger partial charge in [0.25, 0.3) is 0 Å². The van der Waals surface area contributed by atoms with Crippen molar-refractivity contribution in [3.63, 3.8) is 0 Å². The molecule has 0 fully saturated rings. The van der Waals surface area contributed by atoms with Crippen LogP contribution in [0.2, 0.25) is 0 Å². The molecule has 0 spiro atoms. The largest absolute Gasteiger partial charge is 0.458 e. The van der Waals surface area contributed by atoms with Crippen LogP contribution in [0.3, 0.4) is 0 Å². The van der Waals surface area contributed by atoms with E-state index in [4.69, 9.17) is 4.42 Å². The first kappa shape index (κ1) is 14.7. The minimum absolute atomic E-state index is 0.269. The maximum absolute atomic E-state index is 13.8. The molecular formula is C20H17FN2O. The number of aromatic nitrogens is 2. The van der Waals surface area contributed by atoms with Crippen LogP contribution < -0.4 is 0 Å². The fourth-order valence-corrected chi connectivity index (χ4v) is 2.87. The number of aryl methyl sites for hydroxylation is 2. The highest BCUT2D eigenvalue weighted by atomic mass is 19.1. The summed E-state index contributed by atoms with van der Waals surface area (Å²) in [6, 6.07) is 16.8. The molecule has 4 aromatic rings. The molecule has 2 aromatic carbocycles. The van der Waals surface area contributed by atoms with Gasteiger partial charge in [-0.05, 0) is 49.7 Å². The van der Waals surface area contributed by atoms with Gasteiger partial charge < -0.3 is 8.98 Å². The second-order valence-corrected chi connectivity index (χ2v) is 6.05. The lowest BCUT2D eigenvalue weighted by Gasteiger charge is -2.08. The molecule has 0 N–H and O–H groups in total. The second-order valence-electron chi connectivity index (χ2n) is 6.05. The number of furan rings is 1. The minimum atomic E-state index is -0.269. The molecule has 2 heterocycles. The Kier molecular flexibility index (Phi) is 3.45. The SMILES string of the molecule is Cc1ccc(Cn2c(-c3ccc(C)o3)nc3ccc(F)cc32)cc1. The molecule has 0 aliphatic rings. The fraction of sp³-hybridized carbons (Fsp3) is 0.150. The number of halogens is 1. The molecule has 0 aliphatic carbocycles. The molecule has 4 heteroatoms. The first-order valence-electron chi connectivity index (χ1n) is 7.88. The Morgan fingerprint density at radius 3 is 2.50 bits per heavy atom. The molecule has 0 unspecified atom stereocenters. The van der Waals surface area contributed by atoms with Crippen LogP contribution in [0.15, 0.2) is 59.0 Å². The van der Waals surface area contributed by atoms with Crippen molar-refractivity contribution < 1.29 is 8.81 Å². The smallest absolute Gasteiger partial charge is 0.177 e. The third-order valence-corrected chi connectivity index (χ3v) is 4.13. The number of hydrogen-bond donors (Lipinski definition) is 0. The monoisotopic (exact) mass is 320 g/mol. The molecule has 0 radical (unpaired) electrons. The first-order valence-corrected chi connectivity index (χ1v) is 7.88. The summed E-state index contributed by atoms with van der Waals surface area (Å²) in [6.07, 6.45) is 0. The van der Waals surface area contributed by atoms with Crippen molar-refractivity contribution in [3.8, 4) is 11.6 Å². The van der Waals surface area contributed by atoms with Crippen molar-refractivity contribution in [1.29, 1.82) is 0 Å². The maximum Gasteiger partial charge on any atom is 0.177 e. The Labute approximate surface area is 139 Å². The molecule has 0 saturated heterocycles. The molecule has 0 atom stereocenters.